The lowest BCUT2D eigenvalue weighted by molar-refractivity contribution is 0.0697. The Kier molecular flexibility index (Phi) is 4.55. The van der Waals surface area contributed by atoms with Gasteiger partial charge < -0.3 is 9.84 Å². The van der Waals surface area contributed by atoms with Gasteiger partial charge in [0.05, 0.1) is 16.1 Å². The molecule has 1 N–H and O–H groups in total. The first-order valence-electron chi connectivity index (χ1n) is 7.89. The Morgan fingerprint density at radius 3 is 2.78 bits per heavy atom. The highest BCUT2D eigenvalue weighted by Gasteiger charge is 2.19. The zero-order valence-electron chi connectivity index (χ0n) is 13.7. The Balaban J connectivity index is 1.72. The van der Waals surface area contributed by atoms with Crippen LogP contribution in [0, 0.1) is 5.82 Å². The molecule has 2 aromatic carbocycles. The number of benzene rings is 2. The van der Waals surface area contributed by atoms with Gasteiger partial charge in [0.25, 0.3) is 0 Å². The van der Waals surface area contributed by atoms with Crippen LogP contribution < -0.4 is 4.74 Å². The summed E-state index contributed by atoms with van der Waals surface area (Å²) in [7, 11) is 0. The van der Waals surface area contributed by atoms with Gasteiger partial charge in [-0.15, -0.1) is 11.3 Å². The molecule has 0 aliphatic heterocycles. The van der Waals surface area contributed by atoms with Gasteiger partial charge in [-0.1, -0.05) is 41.9 Å². The Hall–Kier alpha value is -2.90. The average molecular weight is 403 g/mol. The zero-order chi connectivity index (χ0) is 19.0. The van der Waals surface area contributed by atoms with Crippen molar-refractivity contribution >= 4 is 39.9 Å². The van der Waals surface area contributed by atoms with Crippen LogP contribution in [0.5, 0.6) is 5.75 Å². The fraction of sp³-hybridized carbons (Fsp3) is 0.0526. The smallest absolute Gasteiger partial charge is 0.349 e. The first kappa shape index (κ1) is 17.5. The molecule has 0 unspecified atom stereocenters. The summed E-state index contributed by atoms with van der Waals surface area (Å²) in [5, 5.41) is 10.1. The van der Waals surface area contributed by atoms with E-state index < -0.39 is 11.8 Å². The number of rotatable bonds is 5. The minimum Gasteiger partial charge on any atom is -0.487 e. The van der Waals surface area contributed by atoms with E-state index in [-0.39, 0.29) is 22.3 Å². The second-order valence-corrected chi connectivity index (χ2v) is 7.16. The van der Waals surface area contributed by atoms with Crippen molar-refractivity contribution in [2.45, 2.75) is 6.61 Å². The van der Waals surface area contributed by atoms with Crippen molar-refractivity contribution in [3.8, 4) is 10.8 Å². The highest BCUT2D eigenvalue weighted by molar-refractivity contribution is 7.16. The Morgan fingerprint density at radius 2 is 2.04 bits per heavy atom. The van der Waals surface area contributed by atoms with E-state index in [0.29, 0.717) is 16.0 Å². The van der Waals surface area contributed by atoms with Gasteiger partial charge in [-0.2, -0.15) is 0 Å². The fourth-order valence-corrected chi connectivity index (χ4v) is 3.73. The van der Waals surface area contributed by atoms with Crippen molar-refractivity contribution < 1.29 is 19.0 Å². The molecular weight excluding hydrogens is 391 g/mol. The quantitative estimate of drug-likeness (QED) is 0.501. The second kappa shape index (κ2) is 7.02. The number of imidazole rings is 1. The van der Waals surface area contributed by atoms with E-state index in [1.54, 1.807) is 10.6 Å². The van der Waals surface area contributed by atoms with Crippen LogP contribution in [0.3, 0.4) is 0 Å². The summed E-state index contributed by atoms with van der Waals surface area (Å²) < 4.78 is 21.0. The molecule has 0 bridgehead atoms. The molecule has 2 heterocycles. The average Bonchev–Trinajstić information content (AvgIpc) is 3.25. The van der Waals surface area contributed by atoms with Gasteiger partial charge in [-0.3, -0.25) is 4.57 Å². The van der Waals surface area contributed by atoms with Gasteiger partial charge in [0.15, 0.2) is 4.88 Å². The molecule has 0 spiro atoms. The molecule has 0 radical (unpaired) electrons. The summed E-state index contributed by atoms with van der Waals surface area (Å²) >= 11 is 6.92. The van der Waals surface area contributed by atoms with Crippen LogP contribution in [0.2, 0.25) is 5.02 Å². The summed E-state index contributed by atoms with van der Waals surface area (Å²) in [4.78, 5) is 15.8. The van der Waals surface area contributed by atoms with E-state index in [4.69, 9.17) is 16.3 Å². The maximum Gasteiger partial charge on any atom is 0.349 e. The van der Waals surface area contributed by atoms with Gasteiger partial charge in [-0.05, 0) is 11.6 Å². The number of aromatic carboxylic acids is 1. The van der Waals surface area contributed by atoms with Crippen LogP contribution in [-0.4, -0.2) is 20.6 Å². The predicted octanol–water partition coefficient (Wildman–Crippen LogP) is 5.16. The second-order valence-electron chi connectivity index (χ2n) is 5.73. The summed E-state index contributed by atoms with van der Waals surface area (Å²) in [6.07, 6.45) is 1.50. The Bertz CT molecular complexity index is 1140. The molecule has 0 saturated carbocycles. The van der Waals surface area contributed by atoms with Gasteiger partial charge in [0.1, 0.15) is 29.5 Å². The number of hydrogen-bond acceptors (Lipinski definition) is 4. The van der Waals surface area contributed by atoms with Crippen LogP contribution in [0.25, 0.3) is 16.0 Å². The molecule has 5 nitrogen and oxygen atoms in total. The van der Waals surface area contributed by atoms with Crippen molar-refractivity contribution in [1.82, 2.24) is 9.55 Å². The molecule has 0 atom stereocenters. The monoisotopic (exact) mass is 402 g/mol. The first-order chi connectivity index (χ1) is 13.0. The molecule has 4 rings (SSSR count). The third-order valence-electron chi connectivity index (χ3n) is 3.94. The van der Waals surface area contributed by atoms with Crippen LogP contribution >= 0.6 is 22.9 Å². The summed E-state index contributed by atoms with van der Waals surface area (Å²) in [5.41, 5.74) is 1.93. The fourth-order valence-electron chi connectivity index (χ4n) is 2.65. The van der Waals surface area contributed by atoms with Crippen molar-refractivity contribution in [2.24, 2.45) is 0 Å². The normalized spacial score (nSPS) is 11.0. The third kappa shape index (κ3) is 3.39. The molecule has 0 fully saturated rings. The largest absolute Gasteiger partial charge is 0.487 e. The number of aromatic nitrogens is 2. The highest BCUT2D eigenvalue weighted by atomic mass is 35.5. The maximum atomic E-state index is 13.6. The number of carboxylic acids is 1. The number of thiophene rings is 1. The van der Waals surface area contributed by atoms with Gasteiger partial charge in [0, 0.05) is 12.1 Å². The maximum absolute atomic E-state index is 13.6. The third-order valence-corrected chi connectivity index (χ3v) is 5.34. The Labute approximate surface area is 162 Å². The summed E-state index contributed by atoms with van der Waals surface area (Å²) in [6, 6.07) is 13.8. The number of halogens is 2. The molecule has 0 saturated heterocycles. The number of fused-ring (bicyclic) bond motifs is 1. The van der Waals surface area contributed by atoms with Crippen molar-refractivity contribution in [3.63, 3.8) is 0 Å². The number of ether oxygens (including phenoxy) is 1. The van der Waals surface area contributed by atoms with E-state index in [1.165, 1.54) is 18.5 Å². The van der Waals surface area contributed by atoms with Crippen LogP contribution in [0.4, 0.5) is 4.39 Å². The molecule has 0 aliphatic rings. The lowest BCUT2D eigenvalue weighted by Crippen LogP contribution is -1.99. The van der Waals surface area contributed by atoms with Crippen molar-refractivity contribution in [3.05, 3.63) is 76.1 Å². The van der Waals surface area contributed by atoms with Crippen LogP contribution in [-0.2, 0) is 6.61 Å². The SMILES string of the molecule is O=C(O)c1sc(-n2cnc3cc(F)c(Cl)cc32)cc1OCc1ccccc1. The molecular formula is C19H12ClFN2O3S. The lowest BCUT2D eigenvalue weighted by Gasteiger charge is -2.05. The number of carboxylic acid groups (broad SMARTS) is 1. The Morgan fingerprint density at radius 1 is 1.26 bits per heavy atom. The number of hydrogen-bond donors (Lipinski definition) is 1. The standard InChI is InChI=1S/C19H12ClFN2O3S/c20-12-6-15-14(7-13(12)21)22-10-23(15)17-8-16(18(27-17)19(24)25)26-9-11-4-2-1-3-5-11/h1-8,10H,9H2,(H,24,25). The molecule has 8 heteroatoms. The van der Waals surface area contributed by atoms with Crippen molar-refractivity contribution in [2.75, 3.05) is 0 Å². The molecule has 136 valence electrons. The minimum atomic E-state index is -1.08. The first-order valence-corrected chi connectivity index (χ1v) is 9.08. The van der Waals surface area contributed by atoms with E-state index in [2.05, 4.69) is 4.98 Å². The predicted molar refractivity (Wildman–Crippen MR) is 102 cm³/mol. The highest BCUT2D eigenvalue weighted by Crippen LogP contribution is 2.35. The number of carbonyl (C=O) groups is 1. The molecule has 4 aromatic rings. The van der Waals surface area contributed by atoms with Gasteiger partial charge >= 0.3 is 5.97 Å². The van der Waals surface area contributed by atoms with Gasteiger partial charge in [-0.25, -0.2) is 14.2 Å². The molecule has 0 amide bonds. The van der Waals surface area contributed by atoms with E-state index in [9.17, 15) is 14.3 Å². The minimum absolute atomic E-state index is 0.0279. The van der Waals surface area contributed by atoms with Crippen molar-refractivity contribution in [1.29, 1.82) is 0 Å². The van der Waals surface area contributed by atoms with E-state index in [0.717, 1.165) is 16.9 Å². The van der Waals surface area contributed by atoms with E-state index in [1.807, 2.05) is 30.3 Å². The van der Waals surface area contributed by atoms with Crippen LogP contribution in [0.1, 0.15) is 15.2 Å². The van der Waals surface area contributed by atoms with E-state index >= 15 is 0 Å². The molecule has 27 heavy (non-hydrogen) atoms. The van der Waals surface area contributed by atoms with Crippen LogP contribution in [0.15, 0.2) is 54.9 Å². The molecule has 2 aromatic heterocycles. The van der Waals surface area contributed by atoms with Gasteiger partial charge in [0.2, 0.25) is 0 Å². The topological polar surface area (TPSA) is 64.3 Å². The summed E-state index contributed by atoms with van der Waals surface area (Å²) in [5.74, 6) is -1.37. The molecule has 0 aliphatic carbocycles. The lowest BCUT2D eigenvalue weighted by atomic mass is 10.2. The number of nitrogens with zero attached hydrogens (tertiary/aromatic N) is 2. The zero-order valence-corrected chi connectivity index (χ0v) is 15.3. The summed E-state index contributed by atoms with van der Waals surface area (Å²) in [6.45, 7) is 0.249.